The van der Waals surface area contributed by atoms with Crippen LogP contribution in [0.1, 0.15) is 12.8 Å². The van der Waals surface area contributed by atoms with Gasteiger partial charge in [0.15, 0.2) is 5.16 Å². The predicted molar refractivity (Wildman–Crippen MR) is 70.0 cm³/mol. The minimum absolute atomic E-state index is 0.426. The molecule has 0 unspecified atom stereocenters. The number of thioether (sulfide) groups is 1. The van der Waals surface area contributed by atoms with Crippen molar-refractivity contribution in [1.29, 1.82) is 0 Å². The molecule has 4 nitrogen and oxygen atoms in total. The standard InChI is InChI=1S/C11H16ClN3OS/c1-15(8-3-4-8)5-6-16-10-7-9(12)13-11(14-10)17-2/h7-8H,3-6H2,1-2H3. The van der Waals surface area contributed by atoms with E-state index in [0.29, 0.717) is 22.8 Å². The Labute approximate surface area is 111 Å². The van der Waals surface area contributed by atoms with Crippen LogP contribution in [-0.4, -0.2) is 47.4 Å². The quantitative estimate of drug-likeness (QED) is 0.452. The van der Waals surface area contributed by atoms with Gasteiger partial charge in [0, 0.05) is 18.7 Å². The minimum Gasteiger partial charge on any atom is -0.476 e. The van der Waals surface area contributed by atoms with E-state index >= 15 is 0 Å². The SMILES string of the molecule is CSc1nc(Cl)cc(OCCN(C)C2CC2)n1. The van der Waals surface area contributed by atoms with Gasteiger partial charge in [0.25, 0.3) is 0 Å². The zero-order valence-electron chi connectivity index (χ0n) is 10.0. The molecule has 1 aromatic heterocycles. The normalized spacial score (nSPS) is 15.3. The lowest BCUT2D eigenvalue weighted by atomic mass is 10.5. The summed E-state index contributed by atoms with van der Waals surface area (Å²) in [5.74, 6) is 0.554. The third-order valence-electron chi connectivity index (χ3n) is 2.70. The summed E-state index contributed by atoms with van der Waals surface area (Å²) in [4.78, 5) is 10.6. The molecule has 0 aliphatic heterocycles. The molecule has 0 atom stereocenters. The van der Waals surface area contributed by atoms with E-state index < -0.39 is 0 Å². The molecule has 2 rings (SSSR count). The van der Waals surface area contributed by atoms with E-state index in [0.717, 1.165) is 12.6 Å². The summed E-state index contributed by atoms with van der Waals surface area (Å²) in [6, 6.07) is 2.41. The van der Waals surface area contributed by atoms with Crippen LogP contribution >= 0.6 is 23.4 Å². The van der Waals surface area contributed by atoms with E-state index in [-0.39, 0.29) is 0 Å². The van der Waals surface area contributed by atoms with Crippen molar-refractivity contribution in [3.63, 3.8) is 0 Å². The maximum absolute atomic E-state index is 5.88. The van der Waals surface area contributed by atoms with E-state index in [2.05, 4.69) is 21.9 Å². The predicted octanol–water partition coefficient (Wildman–Crippen LogP) is 2.32. The number of ether oxygens (including phenoxy) is 1. The first-order chi connectivity index (χ1) is 8.19. The van der Waals surface area contributed by atoms with Gasteiger partial charge in [0.05, 0.1) is 0 Å². The molecule has 1 aliphatic rings. The van der Waals surface area contributed by atoms with Crippen molar-refractivity contribution < 1.29 is 4.74 Å². The van der Waals surface area contributed by atoms with Crippen molar-refractivity contribution >= 4 is 23.4 Å². The lowest BCUT2D eigenvalue weighted by Crippen LogP contribution is -2.26. The van der Waals surface area contributed by atoms with Crippen LogP contribution in [0.3, 0.4) is 0 Å². The first kappa shape index (κ1) is 12.9. The Morgan fingerprint density at radius 3 is 2.94 bits per heavy atom. The van der Waals surface area contributed by atoms with Crippen molar-refractivity contribution in [2.75, 3.05) is 26.5 Å². The highest BCUT2D eigenvalue weighted by Crippen LogP contribution is 2.25. The van der Waals surface area contributed by atoms with E-state index in [1.807, 2.05) is 6.26 Å². The fourth-order valence-electron chi connectivity index (χ4n) is 1.53. The van der Waals surface area contributed by atoms with Gasteiger partial charge in [-0.05, 0) is 26.1 Å². The molecular formula is C11H16ClN3OS. The van der Waals surface area contributed by atoms with E-state index in [1.54, 1.807) is 6.07 Å². The third kappa shape index (κ3) is 4.01. The Bertz CT molecular complexity index is 387. The van der Waals surface area contributed by atoms with Crippen molar-refractivity contribution in [3.8, 4) is 5.88 Å². The molecule has 0 N–H and O–H groups in total. The van der Waals surface area contributed by atoms with E-state index in [9.17, 15) is 0 Å². The van der Waals surface area contributed by atoms with Gasteiger partial charge >= 0.3 is 0 Å². The van der Waals surface area contributed by atoms with Gasteiger partial charge in [0.1, 0.15) is 11.8 Å². The fraction of sp³-hybridized carbons (Fsp3) is 0.636. The van der Waals surface area contributed by atoms with Gasteiger partial charge in [-0.15, -0.1) is 0 Å². The Morgan fingerprint density at radius 2 is 2.29 bits per heavy atom. The topological polar surface area (TPSA) is 38.2 Å². The third-order valence-corrected chi connectivity index (χ3v) is 3.44. The highest BCUT2D eigenvalue weighted by atomic mass is 35.5. The second kappa shape index (κ2) is 5.89. The highest BCUT2D eigenvalue weighted by Gasteiger charge is 2.25. The largest absolute Gasteiger partial charge is 0.476 e. The number of rotatable bonds is 6. The van der Waals surface area contributed by atoms with Crippen molar-refractivity contribution in [2.24, 2.45) is 0 Å². The van der Waals surface area contributed by atoms with E-state index in [4.69, 9.17) is 16.3 Å². The average Bonchev–Trinajstić information content (AvgIpc) is 3.12. The Kier molecular flexibility index (Phi) is 4.48. The van der Waals surface area contributed by atoms with Crippen molar-refractivity contribution in [1.82, 2.24) is 14.9 Å². The van der Waals surface area contributed by atoms with E-state index in [1.165, 1.54) is 24.6 Å². The van der Waals surface area contributed by atoms with Crippen LogP contribution in [0.25, 0.3) is 0 Å². The smallest absolute Gasteiger partial charge is 0.218 e. The molecule has 0 spiro atoms. The van der Waals surface area contributed by atoms with Crippen LogP contribution in [0.5, 0.6) is 5.88 Å². The minimum atomic E-state index is 0.426. The molecule has 0 bridgehead atoms. The van der Waals surface area contributed by atoms with Crippen LogP contribution in [0.2, 0.25) is 5.15 Å². The summed E-state index contributed by atoms with van der Waals surface area (Å²) >= 11 is 7.33. The number of hydrogen-bond acceptors (Lipinski definition) is 5. The van der Waals surface area contributed by atoms with Crippen LogP contribution in [-0.2, 0) is 0 Å². The van der Waals surface area contributed by atoms with Gasteiger partial charge < -0.3 is 9.64 Å². The molecule has 1 aliphatic carbocycles. The number of nitrogens with zero attached hydrogens (tertiary/aromatic N) is 3. The Morgan fingerprint density at radius 1 is 1.53 bits per heavy atom. The molecule has 0 saturated heterocycles. The first-order valence-corrected chi connectivity index (χ1v) is 7.21. The summed E-state index contributed by atoms with van der Waals surface area (Å²) in [6.45, 7) is 1.55. The maximum atomic E-state index is 5.88. The summed E-state index contributed by atoms with van der Waals surface area (Å²) in [5.41, 5.74) is 0. The summed E-state index contributed by atoms with van der Waals surface area (Å²) < 4.78 is 5.59. The monoisotopic (exact) mass is 273 g/mol. The van der Waals surface area contributed by atoms with Gasteiger partial charge in [-0.3, -0.25) is 0 Å². The number of halogens is 1. The van der Waals surface area contributed by atoms with Crippen LogP contribution in [0.4, 0.5) is 0 Å². The summed E-state index contributed by atoms with van der Waals surface area (Å²) in [5, 5.41) is 1.07. The van der Waals surface area contributed by atoms with Crippen LogP contribution in [0, 0.1) is 0 Å². The van der Waals surface area contributed by atoms with Gasteiger partial charge in [-0.2, -0.15) is 4.98 Å². The lowest BCUT2D eigenvalue weighted by Gasteiger charge is -2.15. The summed E-state index contributed by atoms with van der Waals surface area (Å²) in [7, 11) is 2.13. The lowest BCUT2D eigenvalue weighted by molar-refractivity contribution is 0.225. The zero-order valence-corrected chi connectivity index (χ0v) is 11.6. The highest BCUT2D eigenvalue weighted by molar-refractivity contribution is 7.98. The molecule has 1 aromatic rings. The Balaban J connectivity index is 1.83. The van der Waals surface area contributed by atoms with Gasteiger partial charge in [-0.1, -0.05) is 23.4 Å². The summed E-state index contributed by atoms with van der Waals surface area (Å²) in [6.07, 6.45) is 4.54. The van der Waals surface area contributed by atoms with Crippen molar-refractivity contribution in [2.45, 2.75) is 24.0 Å². The van der Waals surface area contributed by atoms with Gasteiger partial charge in [-0.25, -0.2) is 4.98 Å². The second-order valence-corrected chi connectivity index (χ2v) is 5.24. The molecule has 1 fully saturated rings. The maximum Gasteiger partial charge on any atom is 0.218 e. The second-order valence-electron chi connectivity index (χ2n) is 4.08. The molecule has 1 saturated carbocycles. The molecule has 0 radical (unpaired) electrons. The Hall–Kier alpha value is -0.520. The molecule has 1 heterocycles. The zero-order chi connectivity index (χ0) is 12.3. The fourth-order valence-corrected chi connectivity index (χ4v) is 2.13. The molecular weight excluding hydrogens is 258 g/mol. The molecule has 94 valence electrons. The molecule has 0 amide bonds. The van der Waals surface area contributed by atoms with Crippen LogP contribution in [0.15, 0.2) is 11.2 Å². The average molecular weight is 274 g/mol. The number of likely N-dealkylation sites (N-methyl/N-ethyl adjacent to an activating group) is 1. The first-order valence-electron chi connectivity index (χ1n) is 5.60. The molecule has 0 aromatic carbocycles. The molecule has 17 heavy (non-hydrogen) atoms. The van der Waals surface area contributed by atoms with Crippen LogP contribution < -0.4 is 4.74 Å². The van der Waals surface area contributed by atoms with Gasteiger partial charge in [0.2, 0.25) is 5.88 Å². The number of hydrogen-bond donors (Lipinski definition) is 0. The van der Waals surface area contributed by atoms with Crippen molar-refractivity contribution in [3.05, 3.63) is 11.2 Å². The molecule has 6 heteroatoms. The number of aromatic nitrogens is 2.